The Labute approximate surface area is 283 Å². The average molecular weight is 806 g/mol. The van der Waals surface area contributed by atoms with Crippen LogP contribution in [0.2, 0.25) is 0 Å². The standard InChI is InChI=1S/2C18H15P.3CHO.Ir/c2*1-4-10-16(11-5-1)19(17-12-6-2-7-13-17)18-14-8-3-9-15-18;3*1-2;/h2*1-15H;3*1H;/q;;3*-1;+3/p+2. The van der Waals surface area contributed by atoms with E-state index in [4.69, 9.17) is 14.4 Å². The maximum atomic E-state index is 7.75. The Morgan fingerprint density at radius 1 is 0.244 bits per heavy atom. The SMILES string of the molecule is [CH-]=O.[CH-]=O.[CH-]=O.[Ir+3].c1ccc([PH+](c2ccccc2)c2ccccc2)cc1.c1ccc([PH+](c2ccccc2)c2ccccc2)cc1. The van der Waals surface area contributed by atoms with Crippen molar-refractivity contribution in [1.29, 1.82) is 0 Å². The molecule has 0 radical (unpaired) electrons. The molecule has 0 N–H and O–H groups in total. The van der Waals surface area contributed by atoms with Crippen LogP contribution >= 0.6 is 15.8 Å². The van der Waals surface area contributed by atoms with E-state index in [0.717, 1.165) is 0 Å². The zero-order valence-corrected chi connectivity index (χ0v) is 29.0. The molecule has 0 aliphatic carbocycles. The summed E-state index contributed by atoms with van der Waals surface area (Å²) in [5.41, 5.74) is 0. The molecule has 0 fully saturated rings. The van der Waals surface area contributed by atoms with E-state index in [1.54, 1.807) is 0 Å². The minimum Gasteiger partial charge on any atom is -0.545 e. The van der Waals surface area contributed by atoms with Gasteiger partial charge in [0.25, 0.3) is 0 Å². The van der Waals surface area contributed by atoms with Crippen LogP contribution in [-0.2, 0) is 34.5 Å². The first-order chi connectivity index (χ1) is 21.9. The molecule has 0 bridgehead atoms. The molecule has 45 heavy (non-hydrogen) atoms. The Bertz CT molecular complexity index is 1230. The summed E-state index contributed by atoms with van der Waals surface area (Å²) in [7, 11) is -1.75. The molecular weight excluding hydrogens is 771 g/mol. The second-order valence-corrected chi connectivity index (χ2v) is 13.9. The van der Waals surface area contributed by atoms with Crippen molar-refractivity contribution in [3.63, 3.8) is 0 Å². The second-order valence-electron chi connectivity index (χ2n) is 8.95. The fraction of sp³-hybridized carbons (Fsp3) is 0. The second kappa shape index (κ2) is 24.2. The molecule has 0 aliphatic heterocycles. The van der Waals surface area contributed by atoms with E-state index in [-0.39, 0.29) is 20.1 Å². The van der Waals surface area contributed by atoms with Crippen molar-refractivity contribution < 1.29 is 34.5 Å². The van der Waals surface area contributed by atoms with Crippen LogP contribution in [0.15, 0.2) is 182 Å². The van der Waals surface area contributed by atoms with Crippen LogP contribution in [0.1, 0.15) is 0 Å². The number of hydrogen-bond donors (Lipinski definition) is 0. The molecule has 0 heterocycles. The molecule has 6 heteroatoms. The normalized spacial score (nSPS) is 9.20. The molecule has 0 saturated carbocycles. The summed E-state index contributed by atoms with van der Waals surface area (Å²) < 4.78 is 0. The summed E-state index contributed by atoms with van der Waals surface area (Å²) >= 11 is 0. The first-order valence-corrected chi connectivity index (χ1v) is 16.7. The molecule has 0 amide bonds. The van der Waals surface area contributed by atoms with Gasteiger partial charge in [0.2, 0.25) is 0 Å². The van der Waals surface area contributed by atoms with Crippen molar-refractivity contribution in [2.24, 2.45) is 0 Å². The molecule has 0 saturated heterocycles. The quantitative estimate of drug-likeness (QED) is 0.127. The molecule has 226 valence electrons. The Kier molecular flexibility index (Phi) is 20.9. The van der Waals surface area contributed by atoms with E-state index in [1.807, 2.05) is 0 Å². The minimum atomic E-state index is -0.877. The first-order valence-electron chi connectivity index (χ1n) is 13.7. The van der Waals surface area contributed by atoms with Crippen molar-refractivity contribution in [3.05, 3.63) is 182 Å². The smallest absolute Gasteiger partial charge is 0.545 e. The average Bonchev–Trinajstić information content (AvgIpc) is 3.14. The van der Waals surface area contributed by atoms with Crippen LogP contribution in [-0.4, -0.2) is 20.4 Å². The van der Waals surface area contributed by atoms with Gasteiger partial charge in [0.05, 0.1) is 15.8 Å². The first kappa shape index (κ1) is 38.9. The fourth-order valence-corrected chi connectivity index (χ4v) is 9.78. The van der Waals surface area contributed by atoms with Crippen LogP contribution in [0.5, 0.6) is 0 Å². The molecule has 3 nitrogen and oxygen atoms in total. The number of benzene rings is 6. The monoisotopic (exact) mass is 806 g/mol. The minimum absolute atomic E-state index is 0. The summed E-state index contributed by atoms with van der Waals surface area (Å²) in [4.78, 5) is 23.2. The molecule has 0 aromatic heterocycles. The van der Waals surface area contributed by atoms with Crippen LogP contribution < -0.4 is 31.8 Å². The predicted molar refractivity (Wildman–Crippen MR) is 193 cm³/mol. The third-order valence-corrected chi connectivity index (χ3v) is 11.8. The van der Waals surface area contributed by atoms with Crippen LogP contribution in [0.3, 0.4) is 0 Å². The van der Waals surface area contributed by atoms with Gasteiger partial charge in [-0.15, -0.1) is 0 Å². The van der Waals surface area contributed by atoms with Crippen LogP contribution in [0.25, 0.3) is 0 Å². The third-order valence-electron chi connectivity index (χ3n) is 6.37. The van der Waals surface area contributed by atoms with Crippen LogP contribution in [0.4, 0.5) is 0 Å². The maximum Gasteiger partial charge on any atom is 3.00 e. The summed E-state index contributed by atoms with van der Waals surface area (Å²) in [5.74, 6) is 0. The molecule has 0 atom stereocenters. The van der Waals surface area contributed by atoms with Crippen molar-refractivity contribution in [2.45, 2.75) is 0 Å². The van der Waals surface area contributed by atoms with Gasteiger partial charge in [0.1, 0.15) is 31.8 Å². The van der Waals surface area contributed by atoms with Crippen LogP contribution in [0, 0.1) is 0 Å². The van der Waals surface area contributed by atoms with Gasteiger partial charge in [-0.3, -0.25) is 20.4 Å². The Morgan fingerprint density at radius 2 is 0.356 bits per heavy atom. The molecule has 0 spiro atoms. The molecule has 6 aromatic carbocycles. The summed E-state index contributed by atoms with van der Waals surface area (Å²) in [5, 5.41) is 8.61. The zero-order chi connectivity index (χ0) is 31.8. The van der Waals surface area contributed by atoms with E-state index in [9.17, 15) is 0 Å². The van der Waals surface area contributed by atoms with E-state index >= 15 is 0 Å². The van der Waals surface area contributed by atoms with Gasteiger partial charge < -0.3 is 14.4 Å². The van der Waals surface area contributed by atoms with Gasteiger partial charge in [-0.1, -0.05) is 109 Å². The van der Waals surface area contributed by atoms with Gasteiger partial charge in [-0.05, 0) is 72.8 Å². The van der Waals surface area contributed by atoms with E-state index in [0.29, 0.717) is 0 Å². The van der Waals surface area contributed by atoms with E-state index in [2.05, 4.69) is 202 Å². The van der Waals surface area contributed by atoms with Gasteiger partial charge >= 0.3 is 20.1 Å². The number of hydrogen-bond acceptors (Lipinski definition) is 3. The van der Waals surface area contributed by atoms with Crippen molar-refractivity contribution in [2.75, 3.05) is 0 Å². The van der Waals surface area contributed by atoms with Crippen molar-refractivity contribution in [3.8, 4) is 0 Å². The maximum absolute atomic E-state index is 7.75. The Hall–Kier alpha value is -4.16. The summed E-state index contributed by atoms with van der Waals surface area (Å²) in [6, 6.07) is 65.0. The Balaban J connectivity index is 0.000000379. The largest absolute Gasteiger partial charge is 3.00 e. The molecule has 0 aliphatic rings. The van der Waals surface area contributed by atoms with E-state index < -0.39 is 15.8 Å². The van der Waals surface area contributed by atoms with Gasteiger partial charge in [0, 0.05) is 0 Å². The predicted octanol–water partition coefficient (Wildman–Crippen LogP) is 5.53. The third kappa shape index (κ3) is 12.4. The zero-order valence-electron chi connectivity index (χ0n) is 24.6. The topological polar surface area (TPSA) is 51.2 Å². The fourth-order valence-electron chi connectivity index (χ4n) is 4.63. The van der Waals surface area contributed by atoms with Gasteiger partial charge in [-0.25, -0.2) is 0 Å². The van der Waals surface area contributed by atoms with Crippen molar-refractivity contribution >= 4 is 68.0 Å². The van der Waals surface area contributed by atoms with Gasteiger partial charge in [-0.2, -0.15) is 0 Å². The number of rotatable bonds is 6. The molecule has 6 rings (SSSR count). The van der Waals surface area contributed by atoms with Gasteiger partial charge in [0.15, 0.2) is 0 Å². The molecular formula is C39H35IrO3P2+2. The molecule has 0 unspecified atom stereocenters. The summed E-state index contributed by atoms with van der Waals surface area (Å²) in [6.45, 7) is 9.75. The van der Waals surface area contributed by atoms with Crippen molar-refractivity contribution in [1.82, 2.24) is 0 Å². The Morgan fingerprint density at radius 3 is 0.467 bits per heavy atom. The van der Waals surface area contributed by atoms with E-state index in [1.165, 1.54) is 31.8 Å². The molecule has 6 aromatic rings. The summed E-state index contributed by atoms with van der Waals surface area (Å²) in [6.07, 6.45) is 0. The number of carbonyl (C=O) groups excluding carboxylic acids is 3.